The third kappa shape index (κ3) is 3.76. The van der Waals surface area contributed by atoms with E-state index in [1.165, 1.54) is 0 Å². The lowest BCUT2D eigenvalue weighted by Gasteiger charge is -2.24. The standard InChI is InChI=1S/C16H23NO2S/c1-11(14(10-18)20-2)17-16(19)15(13-8-9-13)12-6-4-3-5-7-12/h3-7,11,13-15,18H,8-10H2,1-2H3,(H,17,19). The van der Waals surface area contributed by atoms with Crippen LogP contribution in [-0.4, -0.2) is 35.2 Å². The van der Waals surface area contributed by atoms with Gasteiger partial charge in [0.15, 0.2) is 0 Å². The van der Waals surface area contributed by atoms with E-state index in [0.717, 1.165) is 18.4 Å². The Hall–Kier alpha value is -1.00. The molecule has 3 nitrogen and oxygen atoms in total. The topological polar surface area (TPSA) is 49.3 Å². The highest BCUT2D eigenvalue weighted by molar-refractivity contribution is 7.99. The van der Waals surface area contributed by atoms with E-state index >= 15 is 0 Å². The second-order valence-corrected chi connectivity index (χ2v) is 6.56. The number of carbonyl (C=O) groups is 1. The first-order chi connectivity index (χ1) is 9.67. The number of rotatable bonds is 7. The van der Waals surface area contributed by atoms with Gasteiger partial charge in [-0.15, -0.1) is 0 Å². The fourth-order valence-electron chi connectivity index (χ4n) is 2.57. The van der Waals surface area contributed by atoms with Gasteiger partial charge < -0.3 is 10.4 Å². The van der Waals surface area contributed by atoms with Crippen molar-refractivity contribution in [2.45, 2.75) is 37.0 Å². The Labute approximate surface area is 125 Å². The lowest BCUT2D eigenvalue weighted by atomic mass is 9.93. The summed E-state index contributed by atoms with van der Waals surface area (Å²) in [6.07, 6.45) is 4.22. The molecule has 0 spiro atoms. The monoisotopic (exact) mass is 293 g/mol. The summed E-state index contributed by atoms with van der Waals surface area (Å²) >= 11 is 1.59. The summed E-state index contributed by atoms with van der Waals surface area (Å²) in [6, 6.07) is 9.99. The molecule has 0 radical (unpaired) electrons. The highest BCUT2D eigenvalue weighted by Gasteiger charge is 2.37. The van der Waals surface area contributed by atoms with Crippen molar-refractivity contribution in [3.8, 4) is 0 Å². The summed E-state index contributed by atoms with van der Waals surface area (Å²) in [5, 5.41) is 12.4. The van der Waals surface area contributed by atoms with Gasteiger partial charge in [-0.2, -0.15) is 11.8 Å². The van der Waals surface area contributed by atoms with Gasteiger partial charge in [0.1, 0.15) is 0 Å². The van der Waals surface area contributed by atoms with Gasteiger partial charge in [0.25, 0.3) is 0 Å². The van der Waals surface area contributed by atoms with E-state index in [4.69, 9.17) is 0 Å². The van der Waals surface area contributed by atoms with Gasteiger partial charge in [0.2, 0.25) is 5.91 Å². The second-order valence-electron chi connectivity index (χ2n) is 5.48. The molecule has 0 heterocycles. The average Bonchev–Trinajstić information content (AvgIpc) is 3.26. The van der Waals surface area contributed by atoms with Crippen LogP contribution in [0, 0.1) is 5.92 Å². The van der Waals surface area contributed by atoms with Crippen molar-refractivity contribution in [1.82, 2.24) is 5.32 Å². The molecule has 1 fully saturated rings. The molecule has 110 valence electrons. The highest BCUT2D eigenvalue weighted by atomic mass is 32.2. The number of hydrogen-bond acceptors (Lipinski definition) is 3. The molecule has 2 N–H and O–H groups in total. The van der Waals surface area contributed by atoms with Gasteiger partial charge in [-0.25, -0.2) is 0 Å². The number of amides is 1. The van der Waals surface area contributed by atoms with Crippen LogP contribution in [0.2, 0.25) is 0 Å². The SMILES string of the molecule is CSC(CO)C(C)NC(=O)C(c1ccccc1)C1CC1. The number of nitrogens with one attached hydrogen (secondary N) is 1. The maximum atomic E-state index is 12.6. The Morgan fingerprint density at radius 3 is 2.55 bits per heavy atom. The molecule has 1 saturated carbocycles. The number of aliphatic hydroxyl groups excluding tert-OH is 1. The minimum atomic E-state index is -0.0418. The molecular weight excluding hydrogens is 270 g/mol. The molecule has 0 bridgehead atoms. The van der Waals surface area contributed by atoms with E-state index in [-0.39, 0.29) is 29.7 Å². The minimum Gasteiger partial charge on any atom is -0.395 e. The Morgan fingerprint density at radius 1 is 1.40 bits per heavy atom. The summed E-state index contributed by atoms with van der Waals surface area (Å²) < 4.78 is 0. The molecule has 2 rings (SSSR count). The van der Waals surface area contributed by atoms with Gasteiger partial charge in [-0.05, 0) is 37.5 Å². The molecule has 3 unspecified atom stereocenters. The molecular formula is C16H23NO2S. The third-order valence-electron chi connectivity index (χ3n) is 3.94. The van der Waals surface area contributed by atoms with E-state index in [1.807, 2.05) is 43.5 Å². The van der Waals surface area contributed by atoms with Gasteiger partial charge in [-0.3, -0.25) is 4.79 Å². The quantitative estimate of drug-likeness (QED) is 0.811. The molecule has 1 aromatic carbocycles. The first kappa shape index (κ1) is 15.4. The maximum Gasteiger partial charge on any atom is 0.228 e. The van der Waals surface area contributed by atoms with Crippen molar-refractivity contribution in [2.75, 3.05) is 12.9 Å². The number of thioether (sulfide) groups is 1. The molecule has 20 heavy (non-hydrogen) atoms. The van der Waals surface area contributed by atoms with Gasteiger partial charge >= 0.3 is 0 Å². The third-order valence-corrected chi connectivity index (χ3v) is 5.11. The average molecular weight is 293 g/mol. The van der Waals surface area contributed by atoms with Crippen molar-refractivity contribution in [3.05, 3.63) is 35.9 Å². The molecule has 1 amide bonds. The zero-order valence-corrected chi connectivity index (χ0v) is 12.9. The van der Waals surface area contributed by atoms with Crippen molar-refractivity contribution >= 4 is 17.7 Å². The van der Waals surface area contributed by atoms with Crippen LogP contribution in [0.15, 0.2) is 30.3 Å². The molecule has 0 aliphatic heterocycles. The molecule has 0 saturated heterocycles. The van der Waals surface area contributed by atoms with Gasteiger partial charge in [-0.1, -0.05) is 30.3 Å². The number of carbonyl (C=O) groups excluding carboxylic acids is 1. The van der Waals surface area contributed by atoms with E-state index in [2.05, 4.69) is 5.32 Å². The Kier molecular flexibility index (Phi) is 5.49. The van der Waals surface area contributed by atoms with Crippen LogP contribution in [0.5, 0.6) is 0 Å². The summed E-state index contributed by atoms with van der Waals surface area (Å²) in [5.41, 5.74) is 1.10. The van der Waals surface area contributed by atoms with Crippen LogP contribution in [0.3, 0.4) is 0 Å². The number of aliphatic hydroxyl groups is 1. The first-order valence-corrected chi connectivity index (χ1v) is 8.45. The van der Waals surface area contributed by atoms with E-state index in [0.29, 0.717) is 5.92 Å². The molecule has 4 heteroatoms. The lowest BCUT2D eigenvalue weighted by molar-refractivity contribution is -0.123. The zero-order chi connectivity index (χ0) is 14.5. The van der Waals surface area contributed by atoms with Crippen molar-refractivity contribution < 1.29 is 9.90 Å². The highest BCUT2D eigenvalue weighted by Crippen LogP contribution is 2.42. The van der Waals surface area contributed by atoms with Gasteiger partial charge in [0.05, 0.1) is 12.5 Å². The molecule has 1 aliphatic rings. The predicted octanol–water partition coefficient (Wildman–Crippen LogP) is 2.41. The van der Waals surface area contributed by atoms with Crippen molar-refractivity contribution in [2.24, 2.45) is 5.92 Å². The van der Waals surface area contributed by atoms with Gasteiger partial charge in [0, 0.05) is 11.3 Å². The van der Waals surface area contributed by atoms with Crippen LogP contribution in [0.25, 0.3) is 0 Å². The summed E-state index contributed by atoms with van der Waals surface area (Å²) in [5.74, 6) is 0.532. The number of hydrogen-bond donors (Lipinski definition) is 2. The second kappa shape index (κ2) is 7.14. The molecule has 0 aromatic heterocycles. The Bertz CT molecular complexity index is 429. The normalized spacial score (nSPS) is 19.1. The smallest absolute Gasteiger partial charge is 0.228 e. The fraction of sp³-hybridized carbons (Fsp3) is 0.562. The predicted molar refractivity (Wildman–Crippen MR) is 83.9 cm³/mol. The molecule has 1 aromatic rings. The summed E-state index contributed by atoms with van der Waals surface area (Å²) in [7, 11) is 0. The lowest BCUT2D eigenvalue weighted by Crippen LogP contribution is -2.43. The van der Waals surface area contributed by atoms with Crippen LogP contribution >= 0.6 is 11.8 Å². The molecule has 1 aliphatic carbocycles. The van der Waals surface area contributed by atoms with E-state index < -0.39 is 0 Å². The van der Waals surface area contributed by atoms with Crippen LogP contribution in [0.4, 0.5) is 0 Å². The maximum absolute atomic E-state index is 12.6. The first-order valence-electron chi connectivity index (χ1n) is 7.16. The van der Waals surface area contributed by atoms with E-state index in [1.54, 1.807) is 11.8 Å². The van der Waals surface area contributed by atoms with Crippen LogP contribution in [0.1, 0.15) is 31.2 Å². The van der Waals surface area contributed by atoms with Crippen molar-refractivity contribution in [1.29, 1.82) is 0 Å². The fourth-order valence-corrected chi connectivity index (χ4v) is 3.20. The van der Waals surface area contributed by atoms with E-state index in [9.17, 15) is 9.90 Å². The Balaban J connectivity index is 2.05. The Morgan fingerprint density at radius 2 is 2.05 bits per heavy atom. The van der Waals surface area contributed by atoms with Crippen LogP contribution in [-0.2, 0) is 4.79 Å². The zero-order valence-electron chi connectivity index (χ0n) is 12.1. The largest absolute Gasteiger partial charge is 0.395 e. The summed E-state index contributed by atoms with van der Waals surface area (Å²) in [6.45, 7) is 2.05. The van der Waals surface area contributed by atoms with Crippen molar-refractivity contribution in [3.63, 3.8) is 0 Å². The molecule has 3 atom stereocenters. The minimum absolute atomic E-state index is 0.0209. The van der Waals surface area contributed by atoms with Crippen LogP contribution < -0.4 is 5.32 Å². The summed E-state index contributed by atoms with van der Waals surface area (Å²) in [4.78, 5) is 12.6. The number of benzene rings is 1.